The summed E-state index contributed by atoms with van der Waals surface area (Å²) in [6, 6.07) is 6.17. The summed E-state index contributed by atoms with van der Waals surface area (Å²) >= 11 is 0. The fourth-order valence-electron chi connectivity index (χ4n) is 2.81. The maximum atomic E-state index is 13.9. The van der Waals surface area contributed by atoms with Crippen LogP contribution in [0.3, 0.4) is 0 Å². The van der Waals surface area contributed by atoms with Crippen molar-refractivity contribution in [1.82, 2.24) is 4.31 Å². The molecule has 0 aliphatic carbocycles. The first-order chi connectivity index (χ1) is 13.7. The number of nitrogens with one attached hydrogen (secondary N) is 1. The molecule has 12 heteroatoms. The Bertz CT molecular complexity index is 1100. The molecule has 0 atom stereocenters. The van der Waals surface area contributed by atoms with Gasteiger partial charge in [0.05, 0.1) is 26.0 Å². The van der Waals surface area contributed by atoms with Crippen molar-refractivity contribution in [3.63, 3.8) is 0 Å². The minimum absolute atomic E-state index is 0.00323. The number of halogens is 2. The van der Waals surface area contributed by atoms with Gasteiger partial charge in [0.1, 0.15) is 22.3 Å². The summed E-state index contributed by atoms with van der Waals surface area (Å²) < 4.78 is 92.0. The zero-order chi connectivity index (χ0) is 21.2. The Hall–Kier alpha value is -2.28. The van der Waals surface area contributed by atoms with Gasteiger partial charge in [-0.05, 0) is 30.3 Å². The number of hydrogen-bond acceptors (Lipinski definition) is 6. The Morgan fingerprint density at radius 2 is 1.66 bits per heavy atom. The summed E-state index contributed by atoms with van der Waals surface area (Å²) in [6.45, 7) is 0.699. The van der Waals surface area contributed by atoms with E-state index in [-0.39, 0.29) is 42.6 Å². The molecule has 0 aromatic heterocycles. The lowest BCUT2D eigenvalue weighted by Gasteiger charge is -2.26. The minimum Gasteiger partial charge on any atom is -0.495 e. The molecule has 0 amide bonds. The smallest absolute Gasteiger partial charge is 0.267 e. The van der Waals surface area contributed by atoms with Crippen LogP contribution in [-0.4, -0.2) is 54.6 Å². The molecule has 1 heterocycles. The molecule has 158 valence electrons. The number of sulfonamides is 2. The van der Waals surface area contributed by atoms with Gasteiger partial charge in [0.2, 0.25) is 10.0 Å². The molecular weight excluding hydrogens is 430 g/mol. The number of methoxy groups -OCH3 is 1. The van der Waals surface area contributed by atoms with Gasteiger partial charge in [0.25, 0.3) is 10.0 Å². The van der Waals surface area contributed by atoms with Crippen molar-refractivity contribution >= 4 is 25.7 Å². The molecule has 2 aromatic carbocycles. The average molecular weight is 448 g/mol. The highest BCUT2D eigenvalue weighted by atomic mass is 32.2. The van der Waals surface area contributed by atoms with Crippen molar-refractivity contribution in [2.75, 3.05) is 38.1 Å². The summed E-state index contributed by atoms with van der Waals surface area (Å²) in [5.74, 6) is -2.55. The van der Waals surface area contributed by atoms with Gasteiger partial charge in [-0.1, -0.05) is 6.07 Å². The molecule has 0 bridgehead atoms. The van der Waals surface area contributed by atoms with Gasteiger partial charge in [-0.25, -0.2) is 25.6 Å². The van der Waals surface area contributed by atoms with Crippen molar-refractivity contribution in [1.29, 1.82) is 0 Å². The third kappa shape index (κ3) is 4.34. The van der Waals surface area contributed by atoms with E-state index in [1.165, 1.54) is 23.5 Å². The summed E-state index contributed by atoms with van der Waals surface area (Å²) in [5, 5.41) is 0. The summed E-state index contributed by atoms with van der Waals surface area (Å²) in [5.41, 5.74) is -0.194. The van der Waals surface area contributed by atoms with Crippen LogP contribution >= 0.6 is 0 Å². The Morgan fingerprint density at radius 3 is 2.24 bits per heavy atom. The Balaban J connectivity index is 2.01. The Kier molecular flexibility index (Phi) is 6.08. The number of anilines is 1. The first-order valence-corrected chi connectivity index (χ1v) is 11.3. The molecule has 3 rings (SSSR count). The molecule has 0 radical (unpaired) electrons. The lowest BCUT2D eigenvalue weighted by atomic mass is 10.3. The number of morpholine rings is 1. The zero-order valence-corrected chi connectivity index (χ0v) is 16.9. The van der Waals surface area contributed by atoms with Crippen LogP contribution in [0.5, 0.6) is 5.75 Å². The van der Waals surface area contributed by atoms with Crippen molar-refractivity contribution in [2.45, 2.75) is 9.79 Å². The van der Waals surface area contributed by atoms with E-state index in [9.17, 15) is 25.6 Å². The van der Waals surface area contributed by atoms with Crippen LogP contribution < -0.4 is 9.46 Å². The lowest BCUT2D eigenvalue weighted by molar-refractivity contribution is 0.0729. The van der Waals surface area contributed by atoms with E-state index in [4.69, 9.17) is 9.47 Å². The van der Waals surface area contributed by atoms with Gasteiger partial charge >= 0.3 is 0 Å². The monoisotopic (exact) mass is 448 g/mol. The van der Waals surface area contributed by atoms with E-state index in [0.717, 1.165) is 24.3 Å². The largest absolute Gasteiger partial charge is 0.495 e. The SMILES string of the molecule is COc1ccc(NS(=O)(=O)c2c(F)cccc2F)cc1S(=O)(=O)N1CCOCC1. The molecule has 1 saturated heterocycles. The summed E-state index contributed by atoms with van der Waals surface area (Å²) in [6.07, 6.45) is 0. The third-order valence-electron chi connectivity index (χ3n) is 4.19. The van der Waals surface area contributed by atoms with Crippen LogP contribution in [-0.2, 0) is 24.8 Å². The second-order valence-corrected chi connectivity index (χ2v) is 9.56. The van der Waals surface area contributed by atoms with Crippen LogP contribution in [0.25, 0.3) is 0 Å². The maximum absolute atomic E-state index is 13.9. The molecule has 0 spiro atoms. The predicted octanol–water partition coefficient (Wildman–Crippen LogP) is 1.80. The van der Waals surface area contributed by atoms with Crippen molar-refractivity contribution < 1.29 is 35.1 Å². The van der Waals surface area contributed by atoms with Gasteiger partial charge in [-0.2, -0.15) is 4.31 Å². The number of benzene rings is 2. The second kappa shape index (κ2) is 8.22. The summed E-state index contributed by atoms with van der Waals surface area (Å²) in [7, 11) is -7.40. The average Bonchev–Trinajstić information content (AvgIpc) is 2.68. The highest BCUT2D eigenvalue weighted by molar-refractivity contribution is 7.92. The van der Waals surface area contributed by atoms with Crippen LogP contribution in [0, 0.1) is 11.6 Å². The molecule has 1 fully saturated rings. The number of rotatable bonds is 6. The lowest BCUT2D eigenvalue weighted by Crippen LogP contribution is -2.40. The number of nitrogens with zero attached hydrogens (tertiary/aromatic N) is 1. The second-order valence-electron chi connectivity index (χ2n) is 6.04. The number of ether oxygens (including phenoxy) is 2. The van der Waals surface area contributed by atoms with Gasteiger partial charge in [0, 0.05) is 13.1 Å². The molecule has 8 nitrogen and oxygen atoms in total. The molecule has 1 aliphatic rings. The van der Waals surface area contributed by atoms with E-state index in [2.05, 4.69) is 0 Å². The highest BCUT2D eigenvalue weighted by Gasteiger charge is 2.30. The number of hydrogen-bond donors (Lipinski definition) is 1. The van der Waals surface area contributed by atoms with Crippen molar-refractivity contribution in [2.24, 2.45) is 0 Å². The molecule has 1 aliphatic heterocycles. The van der Waals surface area contributed by atoms with Crippen LogP contribution in [0.4, 0.5) is 14.5 Å². The first-order valence-electron chi connectivity index (χ1n) is 8.39. The Morgan fingerprint density at radius 1 is 1.03 bits per heavy atom. The van der Waals surface area contributed by atoms with E-state index < -0.39 is 36.6 Å². The fraction of sp³-hybridized carbons (Fsp3) is 0.294. The molecule has 29 heavy (non-hydrogen) atoms. The van der Waals surface area contributed by atoms with E-state index in [0.29, 0.717) is 0 Å². The summed E-state index contributed by atoms with van der Waals surface area (Å²) in [4.78, 5) is -1.44. The van der Waals surface area contributed by atoms with Crippen molar-refractivity contribution in [3.05, 3.63) is 48.0 Å². The first kappa shape index (κ1) is 21.4. The van der Waals surface area contributed by atoms with Gasteiger partial charge in [-0.3, -0.25) is 4.72 Å². The Labute approximate surface area is 167 Å². The predicted molar refractivity (Wildman–Crippen MR) is 99.7 cm³/mol. The van der Waals surface area contributed by atoms with Gasteiger partial charge in [-0.15, -0.1) is 0 Å². The van der Waals surface area contributed by atoms with Gasteiger partial charge < -0.3 is 9.47 Å². The normalized spacial score (nSPS) is 15.8. The van der Waals surface area contributed by atoms with Crippen molar-refractivity contribution in [3.8, 4) is 5.75 Å². The molecular formula is C17H18F2N2O6S2. The quantitative estimate of drug-likeness (QED) is 0.723. The molecule has 1 N–H and O–H groups in total. The highest BCUT2D eigenvalue weighted by Crippen LogP contribution is 2.31. The van der Waals surface area contributed by atoms with Gasteiger partial charge in [0.15, 0.2) is 4.90 Å². The third-order valence-corrected chi connectivity index (χ3v) is 7.54. The van der Waals surface area contributed by atoms with Crippen LogP contribution in [0.15, 0.2) is 46.2 Å². The molecule has 0 saturated carbocycles. The maximum Gasteiger partial charge on any atom is 0.267 e. The molecule has 2 aromatic rings. The standard InChI is InChI=1S/C17H18F2N2O6S2/c1-26-15-6-5-12(11-16(15)29(24,25)21-7-9-27-10-8-21)20-28(22,23)17-13(18)3-2-4-14(17)19/h2-6,11,20H,7-10H2,1H3. The zero-order valence-electron chi connectivity index (χ0n) is 15.3. The topological polar surface area (TPSA) is 102 Å². The van der Waals surface area contributed by atoms with E-state index >= 15 is 0 Å². The molecule has 0 unspecified atom stereocenters. The van der Waals surface area contributed by atoms with Crippen LogP contribution in [0.2, 0.25) is 0 Å². The fourth-order valence-corrected chi connectivity index (χ4v) is 5.59. The minimum atomic E-state index is -4.65. The van der Waals surface area contributed by atoms with E-state index in [1.54, 1.807) is 0 Å². The van der Waals surface area contributed by atoms with Crippen LogP contribution in [0.1, 0.15) is 0 Å². The van der Waals surface area contributed by atoms with E-state index in [1.807, 2.05) is 4.72 Å².